The Kier molecular flexibility index (Phi) is 6.67. The van der Waals surface area contributed by atoms with Gasteiger partial charge in [0.1, 0.15) is 5.00 Å². The van der Waals surface area contributed by atoms with Crippen LogP contribution in [0.1, 0.15) is 40.1 Å². The molecule has 27 heavy (non-hydrogen) atoms. The molecule has 0 fully saturated rings. The molecule has 1 aromatic heterocycles. The van der Waals surface area contributed by atoms with Gasteiger partial charge in [0, 0.05) is 11.8 Å². The van der Waals surface area contributed by atoms with Crippen LogP contribution in [0.25, 0.3) is 0 Å². The minimum atomic E-state index is -3.58. The molecule has 9 heteroatoms. The number of halogens is 1. The molecule has 146 valence electrons. The number of carbonyl (C=O) groups excluding carboxylic acids is 2. The number of carbonyl (C=O) groups is 2. The highest BCUT2D eigenvalue weighted by Crippen LogP contribution is 2.31. The molecule has 0 aliphatic heterocycles. The Morgan fingerprint density at radius 3 is 2.52 bits per heavy atom. The van der Waals surface area contributed by atoms with Gasteiger partial charge in [-0.15, -0.1) is 11.3 Å². The van der Waals surface area contributed by atoms with E-state index in [0.29, 0.717) is 22.9 Å². The number of hydrogen-bond donors (Lipinski definition) is 1. The van der Waals surface area contributed by atoms with Crippen LogP contribution in [0.4, 0.5) is 5.00 Å². The van der Waals surface area contributed by atoms with Gasteiger partial charge in [-0.05, 0) is 41.5 Å². The first-order valence-electron chi connectivity index (χ1n) is 8.04. The highest BCUT2D eigenvalue weighted by Gasteiger charge is 2.23. The van der Waals surface area contributed by atoms with Gasteiger partial charge in [0.25, 0.3) is 5.91 Å². The Bertz CT molecular complexity index is 980. The maximum absolute atomic E-state index is 12.6. The quantitative estimate of drug-likeness (QED) is 0.700. The minimum Gasteiger partial charge on any atom is -0.465 e. The van der Waals surface area contributed by atoms with Crippen molar-refractivity contribution in [2.24, 2.45) is 5.92 Å². The zero-order valence-corrected chi connectivity index (χ0v) is 17.7. The topological polar surface area (TPSA) is 89.5 Å². The molecule has 0 saturated carbocycles. The van der Waals surface area contributed by atoms with Crippen molar-refractivity contribution in [2.45, 2.75) is 25.2 Å². The van der Waals surface area contributed by atoms with Gasteiger partial charge >= 0.3 is 5.97 Å². The lowest BCUT2D eigenvalue weighted by atomic mass is 10.0. The summed E-state index contributed by atoms with van der Waals surface area (Å²) < 4.78 is 28.4. The largest absolute Gasteiger partial charge is 0.465 e. The fraction of sp³-hybridized carbons (Fsp3) is 0.333. The maximum atomic E-state index is 12.6. The molecule has 0 aliphatic rings. The van der Waals surface area contributed by atoms with Crippen molar-refractivity contribution in [1.82, 2.24) is 0 Å². The number of ether oxygens (including phenoxy) is 1. The third-order valence-corrected chi connectivity index (χ3v) is 6.23. The lowest BCUT2D eigenvalue weighted by Crippen LogP contribution is -2.15. The summed E-state index contributed by atoms with van der Waals surface area (Å²) in [5, 5.41) is 4.89. The third-order valence-electron chi connectivity index (χ3n) is 3.70. The van der Waals surface area contributed by atoms with Crippen LogP contribution in [-0.2, 0) is 21.0 Å². The second-order valence-electron chi connectivity index (χ2n) is 6.43. The van der Waals surface area contributed by atoms with Crippen LogP contribution in [-0.4, -0.2) is 33.7 Å². The number of esters is 1. The second-order valence-corrected chi connectivity index (χ2v) is 9.70. The molecule has 0 saturated heterocycles. The lowest BCUT2D eigenvalue weighted by molar-refractivity contribution is 0.0601. The van der Waals surface area contributed by atoms with E-state index in [1.54, 1.807) is 0 Å². The maximum Gasteiger partial charge on any atom is 0.341 e. The van der Waals surface area contributed by atoms with E-state index in [2.05, 4.69) is 5.32 Å². The Morgan fingerprint density at radius 1 is 1.30 bits per heavy atom. The number of methoxy groups -OCH3 is 1. The average molecular weight is 430 g/mol. The van der Waals surface area contributed by atoms with Crippen molar-refractivity contribution in [2.75, 3.05) is 18.7 Å². The molecule has 0 unspecified atom stereocenters. The molecule has 0 aliphatic carbocycles. The van der Waals surface area contributed by atoms with Crippen LogP contribution in [0.2, 0.25) is 5.02 Å². The minimum absolute atomic E-state index is 0.0413. The SMILES string of the molecule is COC(=O)c1c(CC(C)C)csc1NC(=O)c1ccc(Cl)c(S(C)(=O)=O)c1. The number of thiophene rings is 1. The summed E-state index contributed by atoms with van der Waals surface area (Å²) in [6, 6.07) is 3.99. The zero-order valence-electron chi connectivity index (χ0n) is 15.3. The summed E-state index contributed by atoms with van der Waals surface area (Å²) in [4.78, 5) is 24.7. The Morgan fingerprint density at radius 2 is 1.96 bits per heavy atom. The van der Waals surface area contributed by atoms with E-state index in [1.807, 2.05) is 19.2 Å². The molecular weight excluding hydrogens is 410 g/mol. The molecule has 0 bridgehead atoms. The van der Waals surface area contributed by atoms with Gasteiger partial charge in [0.05, 0.1) is 22.6 Å². The molecule has 1 amide bonds. The summed E-state index contributed by atoms with van der Waals surface area (Å²) in [5.41, 5.74) is 1.24. The first kappa shape index (κ1) is 21.4. The molecule has 2 rings (SSSR count). The highest BCUT2D eigenvalue weighted by atomic mass is 35.5. The Balaban J connectivity index is 2.39. The van der Waals surface area contributed by atoms with E-state index < -0.39 is 21.7 Å². The van der Waals surface area contributed by atoms with Gasteiger partial charge in [-0.25, -0.2) is 13.2 Å². The monoisotopic (exact) mass is 429 g/mol. The molecule has 1 aromatic carbocycles. The van der Waals surface area contributed by atoms with Crippen LogP contribution in [0, 0.1) is 5.92 Å². The number of rotatable bonds is 6. The van der Waals surface area contributed by atoms with E-state index in [-0.39, 0.29) is 15.5 Å². The van der Waals surface area contributed by atoms with Crippen molar-refractivity contribution in [3.8, 4) is 0 Å². The summed E-state index contributed by atoms with van der Waals surface area (Å²) in [6.07, 6.45) is 1.68. The van der Waals surface area contributed by atoms with Gasteiger partial charge in [0.2, 0.25) is 0 Å². The number of hydrogen-bond acceptors (Lipinski definition) is 6. The molecule has 0 atom stereocenters. The van der Waals surface area contributed by atoms with Crippen molar-refractivity contribution in [3.63, 3.8) is 0 Å². The standard InChI is InChI=1S/C18H20ClNO5S2/c1-10(2)7-12-9-26-17(15(12)18(22)25-3)20-16(21)11-5-6-13(19)14(8-11)27(4,23)24/h5-6,8-10H,7H2,1-4H3,(H,20,21). The smallest absolute Gasteiger partial charge is 0.341 e. The van der Waals surface area contributed by atoms with E-state index in [9.17, 15) is 18.0 Å². The second kappa shape index (κ2) is 8.41. The fourth-order valence-corrected chi connectivity index (χ4v) is 4.76. The first-order chi connectivity index (χ1) is 12.5. The molecule has 1 N–H and O–H groups in total. The molecule has 0 spiro atoms. The average Bonchev–Trinajstić information content (AvgIpc) is 2.94. The van der Waals surface area contributed by atoms with Gasteiger partial charge < -0.3 is 10.1 Å². The van der Waals surface area contributed by atoms with Crippen molar-refractivity contribution in [3.05, 3.63) is 45.3 Å². The number of nitrogens with one attached hydrogen (secondary N) is 1. The van der Waals surface area contributed by atoms with Crippen LogP contribution in [0.15, 0.2) is 28.5 Å². The lowest BCUT2D eigenvalue weighted by Gasteiger charge is -2.10. The number of benzene rings is 1. The summed E-state index contributed by atoms with van der Waals surface area (Å²) in [5.74, 6) is -0.755. The van der Waals surface area contributed by atoms with Gasteiger partial charge in [-0.3, -0.25) is 4.79 Å². The number of amides is 1. The van der Waals surface area contributed by atoms with E-state index in [1.165, 1.54) is 36.6 Å². The van der Waals surface area contributed by atoms with Crippen LogP contribution < -0.4 is 5.32 Å². The fourth-order valence-electron chi connectivity index (χ4n) is 2.51. The predicted molar refractivity (Wildman–Crippen MR) is 107 cm³/mol. The van der Waals surface area contributed by atoms with E-state index in [0.717, 1.165) is 11.8 Å². The van der Waals surface area contributed by atoms with Crippen LogP contribution >= 0.6 is 22.9 Å². The van der Waals surface area contributed by atoms with Gasteiger partial charge in [0.15, 0.2) is 9.84 Å². The summed E-state index contributed by atoms with van der Waals surface area (Å²) >= 11 is 7.13. The van der Waals surface area contributed by atoms with Crippen LogP contribution in [0.3, 0.4) is 0 Å². The van der Waals surface area contributed by atoms with E-state index >= 15 is 0 Å². The Hall–Kier alpha value is -1.90. The summed E-state index contributed by atoms with van der Waals surface area (Å²) in [6.45, 7) is 4.05. The molecular formula is C18H20ClNO5S2. The zero-order chi connectivity index (χ0) is 20.4. The Labute approximate surface area is 167 Å². The van der Waals surface area contributed by atoms with Crippen LogP contribution in [0.5, 0.6) is 0 Å². The number of anilines is 1. The van der Waals surface area contributed by atoms with E-state index in [4.69, 9.17) is 16.3 Å². The van der Waals surface area contributed by atoms with Crippen molar-refractivity contribution in [1.29, 1.82) is 0 Å². The molecule has 0 radical (unpaired) electrons. The first-order valence-corrected chi connectivity index (χ1v) is 11.2. The van der Waals surface area contributed by atoms with Crippen molar-refractivity contribution < 1.29 is 22.7 Å². The highest BCUT2D eigenvalue weighted by molar-refractivity contribution is 7.90. The van der Waals surface area contributed by atoms with Crippen molar-refractivity contribution >= 4 is 49.7 Å². The normalized spacial score (nSPS) is 11.5. The molecule has 2 aromatic rings. The van der Waals surface area contributed by atoms with Gasteiger partial charge in [-0.1, -0.05) is 25.4 Å². The number of sulfone groups is 1. The molecule has 1 heterocycles. The predicted octanol–water partition coefficient (Wildman–Crippen LogP) is 4.04. The third kappa shape index (κ3) is 5.09. The molecule has 6 nitrogen and oxygen atoms in total. The summed E-state index contributed by atoms with van der Waals surface area (Å²) in [7, 11) is -2.30. The van der Waals surface area contributed by atoms with Gasteiger partial charge in [-0.2, -0.15) is 0 Å².